The van der Waals surface area contributed by atoms with Gasteiger partial charge in [0.2, 0.25) is 0 Å². The molecule has 1 heterocycles. The Balaban J connectivity index is 2.52. The molecule has 0 unspecified atom stereocenters. The highest BCUT2D eigenvalue weighted by atomic mass is 16.1. The number of Topliss-reactive ketones (excluding diaryl/α,β-unsaturated/α-hetero) is 1. The van der Waals surface area contributed by atoms with Gasteiger partial charge in [0.15, 0.2) is 0 Å². The van der Waals surface area contributed by atoms with Crippen LogP contribution in [0.2, 0.25) is 0 Å². The number of ketones is 1. The first kappa shape index (κ1) is 6.75. The maximum absolute atomic E-state index is 11.1. The molecular weight excluding hydrogens is 114 g/mol. The summed E-state index contributed by atoms with van der Waals surface area (Å²) >= 11 is 0. The lowest BCUT2D eigenvalue weighted by Crippen LogP contribution is -2.41. The summed E-state index contributed by atoms with van der Waals surface area (Å²) < 4.78 is 0. The molecule has 1 N–H and O–H groups in total. The molecule has 0 aromatic carbocycles. The number of nitrogens with one attached hydrogen (secondary N) is 1. The molecule has 9 heavy (non-hydrogen) atoms. The zero-order valence-electron chi connectivity index (χ0n) is 5.98. The van der Waals surface area contributed by atoms with E-state index in [1.165, 1.54) is 0 Å². The van der Waals surface area contributed by atoms with E-state index in [2.05, 4.69) is 5.32 Å². The second-order valence-corrected chi connectivity index (χ2v) is 2.86. The topological polar surface area (TPSA) is 29.1 Å². The molecule has 2 nitrogen and oxygen atoms in total. The summed E-state index contributed by atoms with van der Waals surface area (Å²) in [4.78, 5) is 11.1. The summed E-state index contributed by atoms with van der Waals surface area (Å²) in [6.45, 7) is 5.68. The molecule has 0 amide bonds. The number of hydrogen-bond acceptors (Lipinski definition) is 2. The zero-order chi connectivity index (χ0) is 6.85. The van der Waals surface area contributed by atoms with Crippen molar-refractivity contribution in [2.75, 3.05) is 13.1 Å². The minimum atomic E-state index is 0.230. The summed E-state index contributed by atoms with van der Waals surface area (Å²) in [5.74, 6) is 0.872. The predicted octanol–water partition coefficient (Wildman–Crippen LogP) is 0.431. The average Bonchev–Trinajstić information content (AvgIpc) is 1.83. The number of piperidine rings is 1. The lowest BCUT2D eigenvalue weighted by Gasteiger charge is -2.22. The molecule has 0 saturated carbocycles. The second kappa shape index (κ2) is 2.48. The van der Waals surface area contributed by atoms with E-state index in [-0.39, 0.29) is 11.8 Å². The molecular formula is C7H13NO. The monoisotopic (exact) mass is 127 g/mol. The summed E-state index contributed by atoms with van der Waals surface area (Å²) in [5, 5.41) is 3.19. The fourth-order valence-corrected chi connectivity index (χ4v) is 1.20. The van der Waals surface area contributed by atoms with Crippen molar-refractivity contribution in [1.29, 1.82) is 0 Å². The first-order chi connectivity index (χ1) is 4.22. The summed E-state index contributed by atoms with van der Waals surface area (Å²) in [6, 6.07) is 0. The van der Waals surface area contributed by atoms with E-state index >= 15 is 0 Å². The quantitative estimate of drug-likeness (QED) is 0.511. The molecule has 0 spiro atoms. The Kier molecular flexibility index (Phi) is 1.86. The Hall–Kier alpha value is -0.370. The van der Waals surface area contributed by atoms with Crippen molar-refractivity contribution in [2.24, 2.45) is 11.8 Å². The van der Waals surface area contributed by atoms with Gasteiger partial charge in [-0.1, -0.05) is 13.8 Å². The number of hydrogen-bond donors (Lipinski definition) is 1. The number of carbonyl (C=O) groups excluding carboxylic acids is 1. The Bertz CT molecular complexity index is 110. The van der Waals surface area contributed by atoms with E-state index in [0.717, 1.165) is 13.1 Å². The normalized spacial score (nSPS) is 36.9. The molecule has 0 radical (unpaired) electrons. The second-order valence-electron chi connectivity index (χ2n) is 2.86. The Morgan fingerprint density at radius 3 is 2.11 bits per heavy atom. The SMILES string of the molecule is C[C@H]1CNC[C@H](C)C1=O. The molecule has 1 aliphatic heterocycles. The van der Waals surface area contributed by atoms with Crippen LogP contribution in [0, 0.1) is 11.8 Å². The van der Waals surface area contributed by atoms with Crippen LogP contribution in [-0.2, 0) is 4.79 Å². The van der Waals surface area contributed by atoms with Crippen molar-refractivity contribution in [3.05, 3.63) is 0 Å². The van der Waals surface area contributed by atoms with Gasteiger partial charge in [-0.3, -0.25) is 4.79 Å². The molecule has 1 saturated heterocycles. The van der Waals surface area contributed by atoms with E-state index < -0.39 is 0 Å². The van der Waals surface area contributed by atoms with E-state index in [1.807, 2.05) is 13.8 Å². The maximum atomic E-state index is 11.1. The third kappa shape index (κ3) is 1.30. The van der Waals surface area contributed by atoms with Gasteiger partial charge in [0.25, 0.3) is 0 Å². The van der Waals surface area contributed by atoms with Gasteiger partial charge < -0.3 is 5.32 Å². The van der Waals surface area contributed by atoms with Crippen LogP contribution in [0.5, 0.6) is 0 Å². The summed E-state index contributed by atoms with van der Waals surface area (Å²) in [5.41, 5.74) is 0. The maximum Gasteiger partial charge on any atom is 0.141 e. The molecule has 2 atom stereocenters. The van der Waals surface area contributed by atoms with Crippen molar-refractivity contribution in [3.8, 4) is 0 Å². The highest BCUT2D eigenvalue weighted by molar-refractivity contribution is 5.83. The fourth-order valence-electron chi connectivity index (χ4n) is 1.20. The predicted molar refractivity (Wildman–Crippen MR) is 36.2 cm³/mol. The molecule has 52 valence electrons. The van der Waals surface area contributed by atoms with Gasteiger partial charge >= 0.3 is 0 Å². The van der Waals surface area contributed by atoms with E-state index in [1.54, 1.807) is 0 Å². The highest BCUT2D eigenvalue weighted by Crippen LogP contribution is 2.09. The van der Waals surface area contributed by atoms with Crippen LogP contribution in [0.3, 0.4) is 0 Å². The van der Waals surface area contributed by atoms with Crippen LogP contribution in [-0.4, -0.2) is 18.9 Å². The zero-order valence-corrected chi connectivity index (χ0v) is 5.98. The first-order valence-corrected chi connectivity index (χ1v) is 3.46. The Morgan fingerprint density at radius 2 is 1.78 bits per heavy atom. The molecule has 1 rings (SSSR count). The van der Waals surface area contributed by atoms with Crippen LogP contribution in [0.4, 0.5) is 0 Å². The third-order valence-electron chi connectivity index (χ3n) is 1.87. The van der Waals surface area contributed by atoms with E-state index in [0.29, 0.717) is 5.78 Å². The lowest BCUT2D eigenvalue weighted by atomic mass is 9.92. The molecule has 1 aliphatic rings. The van der Waals surface area contributed by atoms with Crippen molar-refractivity contribution in [1.82, 2.24) is 5.32 Å². The van der Waals surface area contributed by atoms with Gasteiger partial charge in [0.05, 0.1) is 0 Å². The molecule has 0 bridgehead atoms. The van der Waals surface area contributed by atoms with Crippen LogP contribution >= 0.6 is 0 Å². The molecule has 0 aromatic rings. The first-order valence-electron chi connectivity index (χ1n) is 3.46. The minimum Gasteiger partial charge on any atom is -0.315 e. The van der Waals surface area contributed by atoms with Crippen LogP contribution in [0.15, 0.2) is 0 Å². The number of rotatable bonds is 0. The average molecular weight is 127 g/mol. The smallest absolute Gasteiger partial charge is 0.141 e. The fraction of sp³-hybridized carbons (Fsp3) is 0.857. The van der Waals surface area contributed by atoms with Gasteiger partial charge in [0.1, 0.15) is 5.78 Å². The summed E-state index contributed by atoms with van der Waals surface area (Å²) in [7, 11) is 0. The third-order valence-corrected chi connectivity index (χ3v) is 1.87. The Labute approximate surface area is 55.6 Å². The Morgan fingerprint density at radius 1 is 1.33 bits per heavy atom. The van der Waals surface area contributed by atoms with Gasteiger partial charge in [-0.15, -0.1) is 0 Å². The largest absolute Gasteiger partial charge is 0.315 e. The van der Waals surface area contributed by atoms with Crippen molar-refractivity contribution < 1.29 is 4.79 Å². The van der Waals surface area contributed by atoms with Gasteiger partial charge in [0, 0.05) is 24.9 Å². The lowest BCUT2D eigenvalue weighted by molar-refractivity contribution is -0.127. The van der Waals surface area contributed by atoms with E-state index in [4.69, 9.17) is 0 Å². The minimum absolute atomic E-state index is 0.230. The van der Waals surface area contributed by atoms with Gasteiger partial charge in [-0.05, 0) is 0 Å². The van der Waals surface area contributed by atoms with Gasteiger partial charge in [-0.25, -0.2) is 0 Å². The van der Waals surface area contributed by atoms with Crippen molar-refractivity contribution in [3.63, 3.8) is 0 Å². The van der Waals surface area contributed by atoms with E-state index in [9.17, 15) is 4.79 Å². The highest BCUT2D eigenvalue weighted by Gasteiger charge is 2.23. The van der Waals surface area contributed by atoms with Crippen molar-refractivity contribution in [2.45, 2.75) is 13.8 Å². The number of carbonyl (C=O) groups is 1. The molecule has 2 heteroatoms. The molecule has 0 aliphatic carbocycles. The van der Waals surface area contributed by atoms with Crippen LogP contribution < -0.4 is 5.32 Å². The molecule has 1 fully saturated rings. The molecule has 0 aromatic heterocycles. The van der Waals surface area contributed by atoms with Gasteiger partial charge in [-0.2, -0.15) is 0 Å². The van der Waals surface area contributed by atoms with Crippen LogP contribution in [0.25, 0.3) is 0 Å². The van der Waals surface area contributed by atoms with Crippen molar-refractivity contribution >= 4 is 5.78 Å². The summed E-state index contributed by atoms with van der Waals surface area (Å²) in [6.07, 6.45) is 0. The standard InChI is InChI=1S/C7H13NO/c1-5-3-8-4-6(2)7(5)9/h5-6,8H,3-4H2,1-2H3/t5-,6-/m0/s1. The van der Waals surface area contributed by atoms with Crippen LogP contribution in [0.1, 0.15) is 13.8 Å².